The molecule has 0 aliphatic rings. The summed E-state index contributed by atoms with van der Waals surface area (Å²) in [6.07, 6.45) is 0. The first kappa shape index (κ1) is 17.0. The minimum atomic E-state index is -0.645. The van der Waals surface area contributed by atoms with Crippen LogP contribution in [0.15, 0.2) is 53.3 Å². The second kappa shape index (κ2) is 7.40. The van der Waals surface area contributed by atoms with Gasteiger partial charge in [0.2, 0.25) is 0 Å². The number of H-pyrrole nitrogens is 1. The largest absolute Gasteiger partial charge is 0.462 e. The van der Waals surface area contributed by atoms with Gasteiger partial charge in [0.25, 0.3) is 5.56 Å². The SMILES string of the molecule is CCOC(=O)c1c(NCc2ccc(Cl)cc2)c2ccccc2[nH]c1=O. The zero-order valence-electron chi connectivity index (χ0n) is 13.6. The van der Waals surface area contributed by atoms with Crippen LogP contribution in [-0.2, 0) is 11.3 Å². The van der Waals surface area contributed by atoms with E-state index in [0.29, 0.717) is 22.8 Å². The number of anilines is 1. The molecule has 1 aromatic heterocycles. The van der Waals surface area contributed by atoms with Crippen LogP contribution in [0.4, 0.5) is 5.69 Å². The Bertz CT molecular complexity index is 965. The fourth-order valence-corrected chi connectivity index (χ4v) is 2.74. The zero-order valence-corrected chi connectivity index (χ0v) is 14.4. The maximum atomic E-state index is 12.4. The van der Waals surface area contributed by atoms with Gasteiger partial charge in [0.15, 0.2) is 0 Å². The van der Waals surface area contributed by atoms with Gasteiger partial charge in [0.1, 0.15) is 5.56 Å². The first-order valence-corrected chi connectivity index (χ1v) is 8.28. The van der Waals surface area contributed by atoms with Gasteiger partial charge >= 0.3 is 5.97 Å². The fourth-order valence-electron chi connectivity index (χ4n) is 2.62. The summed E-state index contributed by atoms with van der Waals surface area (Å²) in [5, 5.41) is 4.61. The molecule has 0 saturated heterocycles. The van der Waals surface area contributed by atoms with Gasteiger partial charge in [-0.05, 0) is 30.7 Å². The Labute approximate surface area is 149 Å². The van der Waals surface area contributed by atoms with E-state index in [1.54, 1.807) is 25.1 Å². The number of benzene rings is 2. The van der Waals surface area contributed by atoms with E-state index in [0.717, 1.165) is 10.9 Å². The molecule has 5 nitrogen and oxygen atoms in total. The van der Waals surface area contributed by atoms with Gasteiger partial charge in [-0.15, -0.1) is 0 Å². The summed E-state index contributed by atoms with van der Waals surface area (Å²) in [5.74, 6) is -0.645. The number of para-hydroxylation sites is 1. The van der Waals surface area contributed by atoms with Crippen molar-refractivity contribution in [3.05, 3.63) is 75.0 Å². The van der Waals surface area contributed by atoms with Gasteiger partial charge in [0, 0.05) is 17.0 Å². The van der Waals surface area contributed by atoms with Crippen LogP contribution in [0, 0.1) is 0 Å². The summed E-state index contributed by atoms with van der Waals surface area (Å²) in [6, 6.07) is 14.7. The Hall–Kier alpha value is -2.79. The minimum absolute atomic E-state index is 0.0190. The molecular formula is C19H17ClN2O3. The molecule has 25 heavy (non-hydrogen) atoms. The van der Waals surface area contributed by atoms with Gasteiger partial charge in [-0.1, -0.05) is 41.9 Å². The molecule has 0 unspecified atom stereocenters. The third-order valence-corrected chi connectivity index (χ3v) is 4.04. The molecule has 0 spiro atoms. The lowest BCUT2D eigenvalue weighted by Crippen LogP contribution is -2.23. The summed E-state index contributed by atoms with van der Waals surface area (Å²) < 4.78 is 5.05. The number of halogens is 1. The van der Waals surface area contributed by atoms with Crippen molar-refractivity contribution in [2.24, 2.45) is 0 Å². The Morgan fingerprint density at radius 3 is 2.60 bits per heavy atom. The second-order valence-electron chi connectivity index (χ2n) is 5.45. The lowest BCUT2D eigenvalue weighted by molar-refractivity contribution is 0.0525. The zero-order chi connectivity index (χ0) is 17.8. The molecule has 0 saturated carbocycles. The molecule has 0 atom stereocenters. The van der Waals surface area contributed by atoms with Crippen LogP contribution >= 0.6 is 11.6 Å². The van der Waals surface area contributed by atoms with E-state index in [1.807, 2.05) is 30.3 Å². The highest BCUT2D eigenvalue weighted by atomic mass is 35.5. The maximum absolute atomic E-state index is 12.4. The lowest BCUT2D eigenvalue weighted by atomic mass is 10.1. The molecule has 0 radical (unpaired) electrons. The van der Waals surface area contributed by atoms with E-state index in [9.17, 15) is 9.59 Å². The molecule has 0 aliphatic carbocycles. The first-order valence-electron chi connectivity index (χ1n) is 7.90. The number of aromatic amines is 1. The van der Waals surface area contributed by atoms with Gasteiger partial charge in [-0.2, -0.15) is 0 Å². The topological polar surface area (TPSA) is 71.2 Å². The van der Waals surface area contributed by atoms with E-state index in [1.165, 1.54) is 0 Å². The van der Waals surface area contributed by atoms with Crippen LogP contribution in [0.3, 0.4) is 0 Å². The van der Waals surface area contributed by atoms with Gasteiger partial charge in [-0.25, -0.2) is 4.79 Å². The molecule has 2 aromatic carbocycles. The van der Waals surface area contributed by atoms with Gasteiger partial charge < -0.3 is 15.0 Å². The molecule has 0 amide bonds. The van der Waals surface area contributed by atoms with Crippen LogP contribution in [0.1, 0.15) is 22.8 Å². The maximum Gasteiger partial charge on any atom is 0.345 e. The number of hydrogen-bond donors (Lipinski definition) is 2. The summed E-state index contributed by atoms with van der Waals surface area (Å²) in [5.41, 5.74) is 1.60. The molecule has 6 heteroatoms. The Morgan fingerprint density at radius 1 is 1.16 bits per heavy atom. The first-order chi connectivity index (χ1) is 12.1. The van der Waals surface area contributed by atoms with Crippen molar-refractivity contribution in [1.29, 1.82) is 0 Å². The highest BCUT2D eigenvalue weighted by Gasteiger charge is 2.20. The number of carbonyl (C=O) groups excluding carboxylic acids is 1. The van der Waals surface area contributed by atoms with Crippen LogP contribution in [0.5, 0.6) is 0 Å². The second-order valence-corrected chi connectivity index (χ2v) is 5.89. The van der Waals surface area contributed by atoms with Gasteiger partial charge in [0.05, 0.1) is 17.8 Å². The van der Waals surface area contributed by atoms with Crippen molar-refractivity contribution >= 4 is 34.2 Å². The summed E-state index contributed by atoms with van der Waals surface area (Å²) in [7, 11) is 0. The predicted molar refractivity (Wildman–Crippen MR) is 99.3 cm³/mol. The molecular weight excluding hydrogens is 340 g/mol. The average molecular weight is 357 g/mol. The predicted octanol–water partition coefficient (Wildman–Crippen LogP) is 3.97. The summed E-state index contributed by atoms with van der Waals surface area (Å²) in [4.78, 5) is 27.4. The normalized spacial score (nSPS) is 10.6. The number of aromatic nitrogens is 1. The third kappa shape index (κ3) is 3.67. The molecule has 0 bridgehead atoms. The highest BCUT2D eigenvalue weighted by Crippen LogP contribution is 2.25. The van der Waals surface area contributed by atoms with Crippen molar-refractivity contribution in [2.45, 2.75) is 13.5 Å². The minimum Gasteiger partial charge on any atom is -0.462 e. The average Bonchev–Trinajstić information content (AvgIpc) is 2.60. The van der Waals surface area contributed by atoms with Crippen LogP contribution in [0.25, 0.3) is 10.9 Å². The Balaban J connectivity index is 2.06. The van der Waals surface area contributed by atoms with E-state index in [4.69, 9.17) is 16.3 Å². The number of rotatable bonds is 5. The number of hydrogen-bond acceptors (Lipinski definition) is 4. The highest BCUT2D eigenvalue weighted by molar-refractivity contribution is 6.30. The quantitative estimate of drug-likeness (QED) is 0.678. The van der Waals surface area contributed by atoms with E-state index >= 15 is 0 Å². The standard InChI is InChI=1S/C19H17ClN2O3/c1-2-25-19(24)16-17(21-11-12-7-9-13(20)10-8-12)14-5-3-4-6-15(14)22-18(16)23/h3-10H,2,11H2,1H3,(H2,21,22,23). The van der Waals surface area contributed by atoms with Crippen molar-refractivity contribution in [3.63, 3.8) is 0 Å². The monoisotopic (exact) mass is 356 g/mol. The van der Waals surface area contributed by atoms with Crippen LogP contribution < -0.4 is 10.9 Å². The fraction of sp³-hybridized carbons (Fsp3) is 0.158. The molecule has 1 heterocycles. The van der Waals surface area contributed by atoms with Crippen LogP contribution in [-0.4, -0.2) is 17.6 Å². The molecule has 0 fully saturated rings. The van der Waals surface area contributed by atoms with Crippen molar-refractivity contribution < 1.29 is 9.53 Å². The number of fused-ring (bicyclic) bond motifs is 1. The summed E-state index contributed by atoms with van der Waals surface area (Å²) >= 11 is 5.90. The molecule has 3 rings (SSSR count). The smallest absolute Gasteiger partial charge is 0.345 e. The number of nitrogens with one attached hydrogen (secondary N) is 2. The van der Waals surface area contributed by atoms with Crippen LogP contribution in [0.2, 0.25) is 5.02 Å². The molecule has 0 aliphatic heterocycles. The number of carbonyl (C=O) groups is 1. The van der Waals surface area contributed by atoms with Crippen molar-refractivity contribution in [3.8, 4) is 0 Å². The van der Waals surface area contributed by atoms with E-state index in [-0.39, 0.29) is 12.2 Å². The van der Waals surface area contributed by atoms with Crippen molar-refractivity contribution in [1.82, 2.24) is 4.98 Å². The van der Waals surface area contributed by atoms with E-state index in [2.05, 4.69) is 10.3 Å². The molecule has 3 aromatic rings. The number of pyridine rings is 1. The Kier molecular flexibility index (Phi) is 5.05. The molecule has 2 N–H and O–H groups in total. The number of esters is 1. The van der Waals surface area contributed by atoms with E-state index < -0.39 is 11.5 Å². The molecule has 128 valence electrons. The number of ether oxygens (including phenoxy) is 1. The summed E-state index contributed by atoms with van der Waals surface area (Å²) in [6.45, 7) is 2.34. The third-order valence-electron chi connectivity index (χ3n) is 3.78. The lowest BCUT2D eigenvalue weighted by Gasteiger charge is -2.14. The Morgan fingerprint density at radius 2 is 1.88 bits per heavy atom. The van der Waals surface area contributed by atoms with Crippen molar-refractivity contribution in [2.75, 3.05) is 11.9 Å². The van der Waals surface area contributed by atoms with Gasteiger partial charge in [-0.3, -0.25) is 4.79 Å².